The zero-order valence-electron chi connectivity index (χ0n) is 23.0. The molecule has 4 aromatic heterocycles. The second-order valence-corrected chi connectivity index (χ2v) is 9.41. The first kappa shape index (κ1) is 27.0. The van der Waals surface area contributed by atoms with E-state index < -0.39 is 5.91 Å². The molecule has 0 aliphatic rings. The number of primary amides is 1. The van der Waals surface area contributed by atoms with Gasteiger partial charge in [0.25, 0.3) is 11.5 Å². The van der Waals surface area contributed by atoms with Crippen LogP contribution in [0.4, 0.5) is 5.82 Å². The number of para-hydroxylation sites is 1. The van der Waals surface area contributed by atoms with Crippen LogP contribution in [0, 0.1) is 18.8 Å². The molecule has 6 aromatic rings. The van der Waals surface area contributed by atoms with E-state index in [9.17, 15) is 9.59 Å². The number of aromatic nitrogens is 5. The number of carbonyl (C=O) groups is 1. The van der Waals surface area contributed by atoms with Crippen LogP contribution in [-0.2, 0) is 13.5 Å². The van der Waals surface area contributed by atoms with Gasteiger partial charge in [0.1, 0.15) is 5.56 Å². The number of rotatable bonds is 3. The van der Waals surface area contributed by atoms with E-state index in [-0.39, 0.29) is 16.9 Å². The first-order chi connectivity index (χ1) is 19.8. The molecule has 6 rings (SSSR count). The summed E-state index contributed by atoms with van der Waals surface area (Å²) in [6.07, 6.45) is 4.23. The molecule has 1 amide bonds. The number of nitrogen functional groups attached to an aromatic ring is 1. The van der Waals surface area contributed by atoms with Crippen LogP contribution in [0.5, 0.6) is 0 Å². The summed E-state index contributed by atoms with van der Waals surface area (Å²) in [6, 6.07) is 23.0. The zero-order chi connectivity index (χ0) is 29.1. The minimum Gasteiger partial charge on any atom is -0.382 e. The Bertz CT molecular complexity index is 2020. The van der Waals surface area contributed by atoms with Gasteiger partial charge in [0.05, 0.1) is 28.4 Å². The van der Waals surface area contributed by atoms with Crippen molar-refractivity contribution in [2.75, 3.05) is 5.73 Å². The van der Waals surface area contributed by atoms with Crippen molar-refractivity contribution in [2.24, 2.45) is 12.8 Å². The fourth-order valence-corrected chi connectivity index (χ4v) is 4.67. The Morgan fingerprint density at radius 2 is 1.71 bits per heavy atom. The van der Waals surface area contributed by atoms with E-state index in [0.29, 0.717) is 10.9 Å². The molecule has 41 heavy (non-hydrogen) atoms. The van der Waals surface area contributed by atoms with Gasteiger partial charge in [-0.1, -0.05) is 55.2 Å². The third kappa shape index (κ3) is 5.18. The van der Waals surface area contributed by atoms with Gasteiger partial charge >= 0.3 is 0 Å². The minimum absolute atomic E-state index is 0.0339. The highest BCUT2D eigenvalue weighted by molar-refractivity contribution is 6.04. The van der Waals surface area contributed by atoms with Crippen LogP contribution in [0.15, 0.2) is 90.0 Å². The zero-order valence-corrected chi connectivity index (χ0v) is 23.0. The molecule has 0 fully saturated rings. The largest absolute Gasteiger partial charge is 0.382 e. The normalized spacial score (nSPS) is 10.6. The minimum atomic E-state index is -0.557. The van der Waals surface area contributed by atoms with Crippen molar-refractivity contribution in [1.82, 2.24) is 24.0 Å². The number of anilines is 1. The lowest BCUT2D eigenvalue weighted by Gasteiger charge is -2.14. The number of carbonyl (C=O) groups excluding carboxylic acids is 1. The van der Waals surface area contributed by atoms with E-state index >= 15 is 0 Å². The molecule has 0 saturated carbocycles. The summed E-state index contributed by atoms with van der Waals surface area (Å²) in [6.45, 7) is 4.05. The third-order valence-corrected chi connectivity index (χ3v) is 6.88. The predicted octanol–water partition coefficient (Wildman–Crippen LogP) is 4.01. The molecule has 4 N–H and O–H groups in total. The first-order valence-corrected chi connectivity index (χ1v) is 13.1. The molecular formula is C32H29N7O2. The van der Waals surface area contributed by atoms with Crippen molar-refractivity contribution < 1.29 is 4.79 Å². The summed E-state index contributed by atoms with van der Waals surface area (Å²) in [5, 5.41) is 9.73. The van der Waals surface area contributed by atoms with Gasteiger partial charge in [0.15, 0.2) is 5.82 Å². The number of nitrogens with two attached hydrogens (primary N) is 2. The Morgan fingerprint density at radius 1 is 0.976 bits per heavy atom. The lowest BCUT2D eigenvalue weighted by atomic mass is 10.0. The molecule has 4 heterocycles. The molecule has 0 unspecified atom stereocenters. The average molecular weight is 544 g/mol. The van der Waals surface area contributed by atoms with Crippen LogP contribution >= 0.6 is 0 Å². The standard InChI is InChI=1S/C24H21N3O.C8H8N4O/c1-4-21-15-19-10-8-9-18(13-14-20-16-25-26(3)17(20)2)23(19)24(28)27(21)22-11-6-5-7-12-22;9-7-6(8(10)13)5-3-1-2-4-12(5)11-7/h5-12,15-16H,4H2,1-3H3;1-4H,(H2,9,11)(H2,10,13). The van der Waals surface area contributed by atoms with Crippen LogP contribution in [0.1, 0.15) is 39.8 Å². The van der Waals surface area contributed by atoms with Crippen molar-refractivity contribution in [3.63, 3.8) is 0 Å². The molecule has 0 aliphatic carbocycles. The van der Waals surface area contributed by atoms with E-state index in [1.807, 2.05) is 62.5 Å². The lowest BCUT2D eigenvalue weighted by molar-refractivity contribution is 0.100. The van der Waals surface area contributed by atoms with Gasteiger partial charge in [-0.3, -0.25) is 18.8 Å². The molecule has 0 radical (unpaired) electrons. The van der Waals surface area contributed by atoms with E-state index in [2.05, 4.69) is 35.0 Å². The SMILES string of the molecule is CCc1cc2cccc(C#Cc3cnn(C)c3C)c2c(=O)n1-c1ccccc1.NC(=O)c1c(N)nn2ccccc12. The number of aryl methyl sites for hydroxylation is 2. The fraction of sp³-hybridized carbons (Fsp3) is 0.125. The highest BCUT2D eigenvalue weighted by atomic mass is 16.1. The second kappa shape index (κ2) is 11.2. The van der Waals surface area contributed by atoms with E-state index in [1.54, 1.807) is 39.8 Å². The van der Waals surface area contributed by atoms with Crippen molar-refractivity contribution in [3.05, 3.63) is 124 Å². The summed E-state index contributed by atoms with van der Waals surface area (Å²) in [7, 11) is 1.89. The van der Waals surface area contributed by atoms with E-state index in [4.69, 9.17) is 11.5 Å². The molecule has 9 heteroatoms. The van der Waals surface area contributed by atoms with Gasteiger partial charge in [-0.2, -0.15) is 5.10 Å². The number of benzene rings is 2. The van der Waals surface area contributed by atoms with Gasteiger partial charge in [0, 0.05) is 30.2 Å². The number of hydrogen-bond acceptors (Lipinski definition) is 5. The number of hydrogen-bond donors (Lipinski definition) is 2. The number of pyridine rings is 2. The molecular weight excluding hydrogens is 514 g/mol. The van der Waals surface area contributed by atoms with Gasteiger partial charge in [-0.25, -0.2) is 4.52 Å². The number of amides is 1. The topological polar surface area (TPSA) is 126 Å². The Morgan fingerprint density at radius 3 is 2.39 bits per heavy atom. The Hall–Kier alpha value is -5.62. The summed E-state index contributed by atoms with van der Waals surface area (Å²) >= 11 is 0. The Kier molecular flexibility index (Phi) is 7.39. The van der Waals surface area contributed by atoms with Gasteiger partial charge in [-0.05, 0) is 55.1 Å². The predicted molar refractivity (Wildman–Crippen MR) is 161 cm³/mol. The van der Waals surface area contributed by atoms with Crippen LogP contribution in [0.2, 0.25) is 0 Å². The van der Waals surface area contributed by atoms with Crippen molar-refractivity contribution >= 4 is 28.0 Å². The molecule has 0 atom stereocenters. The van der Waals surface area contributed by atoms with Gasteiger partial charge in [-0.15, -0.1) is 5.10 Å². The lowest BCUT2D eigenvalue weighted by Crippen LogP contribution is -2.22. The van der Waals surface area contributed by atoms with E-state index in [1.165, 1.54) is 4.52 Å². The van der Waals surface area contributed by atoms with E-state index in [0.717, 1.165) is 40.0 Å². The van der Waals surface area contributed by atoms with Crippen LogP contribution < -0.4 is 17.0 Å². The maximum Gasteiger partial charge on any atom is 0.264 e. The smallest absolute Gasteiger partial charge is 0.264 e. The van der Waals surface area contributed by atoms with Crippen LogP contribution in [0.25, 0.3) is 22.0 Å². The highest BCUT2D eigenvalue weighted by Crippen LogP contribution is 2.20. The molecule has 9 nitrogen and oxygen atoms in total. The first-order valence-electron chi connectivity index (χ1n) is 13.1. The Balaban J connectivity index is 0.000000216. The summed E-state index contributed by atoms with van der Waals surface area (Å²) in [5.41, 5.74) is 16.0. The Labute approximate surface area is 236 Å². The van der Waals surface area contributed by atoms with Crippen LogP contribution in [0.3, 0.4) is 0 Å². The van der Waals surface area contributed by atoms with Crippen molar-refractivity contribution in [3.8, 4) is 17.5 Å². The van der Waals surface area contributed by atoms with Crippen molar-refractivity contribution in [2.45, 2.75) is 20.3 Å². The van der Waals surface area contributed by atoms with Crippen LogP contribution in [-0.4, -0.2) is 29.9 Å². The highest BCUT2D eigenvalue weighted by Gasteiger charge is 2.14. The molecule has 204 valence electrons. The quantitative estimate of drug-likeness (QED) is 0.326. The van der Waals surface area contributed by atoms with Crippen molar-refractivity contribution in [1.29, 1.82) is 0 Å². The van der Waals surface area contributed by atoms with Gasteiger partial charge < -0.3 is 11.5 Å². The third-order valence-electron chi connectivity index (χ3n) is 6.88. The molecule has 2 aromatic carbocycles. The maximum absolute atomic E-state index is 13.5. The summed E-state index contributed by atoms with van der Waals surface area (Å²) in [4.78, 5) is 24.5. The molecule has 0 saturated heterocycles. The maximum atomic E-state index is 13.5. The molecule has 0 aliphatic heterocycles. The molecule has 0 spiro atoms. The molecule has 0 bridgehead atoms. The number of nitrogens with zero attached hydrogens (tertiary/aromatic N) is 5. The summed E-state index contributed by atoms with van der Waals surface area (Å²) < 4.78 is 5.11. The average Bonchev–Trinajstić information content (AvgIpc) is 3.49. The fourth-order valence-electron chi connectivity index (χ4n) is 4.67. The summed E-state index contributed by atoms with van der Waals surface area (Å²) in [5.74, 6) is 5.98. The number of fused-ring (bicyclic) bond motifs is 2. The monoisotopic (exact) mass is 543 g/mol. The van der Waals surface area contributed by atoms with Gasteiger partial charge in [0.2, 0.25) is 0 Å². The second-order valence-electron chi connectivity index (χ2n) is 9.41.